The Morgan fingerprint density at radius 3 is 2.57 bits per heavy atom. The Balaban J connectivity index is 0.000000318. The van der Waals surface area contributed by atoms with E-state index >= 15 is 0 Å². The second kappa shape index (κ2) is 7.95. The molecule has 2 atom stereocenters. The predicted octanol–water partition coefficient (Wildman–Crippen LogP) is 0.163. The fraction of sp³-hybridized carbons (Fsp3) is 0.312. The first-order valence-electron chi connectivity index (χ1n) is 8.35. The lowest BCUT2D eigenvalue weighted by atomic mass is 10.0. The number of rotatable bonds is 3. The number of hydrogen-bond acceptors (Lipinski definition) is 8. The van der Waals surface area contributed by atoms with Crippen molar-refractivity contribution < 1.29 is 37.8 Å². The second-order valence-electron chi connectivity index (χ2n) is 6.30. The Labute approximate surface area is 171 Å². The molecule has 0 bridgehead atoms. The van der Waals surface area contributed by atoms with Crippen molar-refractivity contribution in [2.45, 2.75) is 17.6 Å². The number of alkyl halides is 3. The Hall–Kier alpha value is -3.13. The number of thioether (sulfide) groups is 1. The zero-order valence-electron chi connectivity index (χ0n) is 15.0. The first kappa shape index (κ1) is 21.6. The number of nitrogens with two attached hydrogens (primary N) is 1. The van der Waals surface area contributed by atoms with Crippen LogP contribution in [0.1, 0.15) is 0 Å². The molecule has 0 saturated carbocycles. The molecule has 4 heterocycles. The number of nitrogens with one attached hydrogen (secondary N) is 1. The monoisotopic (exact) mass is 447 g/mol. The summed E-state index contributed by atoms with van der Waals surface area (Å²) < 4.78 is 31.7. The molecule has 14 heteroatoms. The Morgan fingerprint density at radius 2 is 1.97 bits per heavy atom. The van der Waals surface area contributed by atoms with Crippen LogP contribution >= 0.6 is 11.8 Å². The molecule has 0 radical (unpaired) electrons. The van der Waals surface area contributed by atoms with E-state index in [1.807, 2.05) is 34.5 Å². The van der Waals surface area contributed by atoms with Crippen LogP contribution in [0.3, 0.4) is 0 Å². The minimum atomic E-state index is -5.08. The van der Waals surface area contributed by atoms with Gasteiger partial charge < -0.3 is 26.3 Å². The fourth-order valence-electron chi connectivity index (χ4n) is 3.02. The maximum absolute atomic E-state index is 11.9. The summed E-state index contributed by atoms with van der Waals surface area (Å²) in [7, 11) is 0. The van der Waals surface area contributed by atoms with Crippen molar-refractivity contribution in [2.24, 2.45) is 5.73 Å². The number of carbonyl (C=O) groups excluding carboxylic acids is 1. The molecule has 162 valence electrons. The highest BCUT2D eigenvalue weighted by atomic mass is 32.2. The van der Waals surface area contributed by atoms with Gasteiger partial charge in [0, 0.05) is 30.9 Å². The van der Waals surface area contributed by atoms with E-state index in [1.165, 1.54) is 16.7 Å². The molecule has 1 amide bonds. The van der Waals surface area contributed by atoms with Gasteiger partial charge in [-0.25, -0.2) is 14.6 Å². The van der Waals surface area contributed by atoms with Crippen molar-refractivity contribution >= 4 is 29.6 Å². The summed E-state index contributed by atoms with van der Waals surface area (Å²) in [6.07, 6.45) is 4.27. The molecule has 10 nitrogen and oxygen atoms in total. The van der Waals surface area contributed by atoms with E-state index in [4.69, 9.17) is 15.6 Å². The van der Waals surface area contributed by atoms with Gasteiger partial charge in [0.25, 0.3) is 0 Å². The smallest absolute Gasteiger partial charge is 0.477 e. The van der Waals surface area contributed by atoms with Gasteiger partial charge in [0.2, 0.25) is 5.91 Å². The second-order valence-corrected chi connectivity index (χ2v) is 7.41. The quantitative estimate of drug-likeness (QED) is 0.443. The largest absolute Gasteiger partial charge is 0.490 e. The zero-order valence-corrected chi connectivity index (χ0v) is 15.9. The molecule has 0 unspecified atom stereocenters. The molecule has 0 aromatic heterocycles. The lowest BCUT2D eigenvalue weighted by Crippen LogP contribution is -2.68. The van der Waals surface area contributed by atoms with Gasteiger partial charge in [-0.3, -0.25) is 9.69 Å². The lowest BCUT2D eigenvalue weighted by molar-refractivity contribution is -0.192. The number of halogens is 3. The van der Waals surface area contributed by atoms with E-state index in [9.17, 15) is 27.9 Å². The number of fused-ring (bicyclic) bond motifs is 2. The Kier molecular flexibility index (Phi) is 5.72. The molecule has 4 aliphatic rings. The average Bonchev–Trinajstić information content (AvgIpc) is 3.09. The van der Waals surface area contributed by atoms with Gasteiger partial charge in [0.15, 0.2) is 0 Å². The lowest BCUT2D eigenvalue weighted by Gasteiger charge is -2.48. The van der Waals surface area contributed by atoms with Gasteiger partial charge in [-0.1, -0.05) is 0 Å². The molecular weight excluding hydrogens is 431 g/mol. The maximum Gasteiger partial charge on any atom is 0.490 e. The molecule has 30 heavy (non-hydrogen) atoms. The number of carboxylic acid groups (broad SMARTS) is 2. The average molecular weight is 447 g/mol. The van der Waals surface area contributed by atoms with Gasteiger partial charge in [0.1, 0.15) is 22.9 Å². The van der Waals surface area contributed by atoms with E-state index in [-0.39, 0.29) is 17.0 Å². The first-order chi connectivity index (χ1) is 14.0. The molecule has 4 aliphatic heterocycles. The Morgan fingerprint density at radius 1 is 1.30 bits per heavy atom. The standard InChI is InChI=1S/C14H15N5O3S.C2HF3O2/c15-10-12(20)19-11(14(21)22)8(7-23-13(10)19)6-17-4-5-18-9(17)2-1-3-16-18;3-2(4,5)1(6)7/h1-5,10,13,16H,6-7,15H2,(H,21,22);(H,6,7)/t10-,13+;/m1./s1. The van der Waals surface area contributed by atoms with Gasteiger partial charge in [0.05, 0.1) is 0 Å². The van der Waals surface area contributed by atoms with E-state index < -0.39 is 24.2 Å². The predicted molar refractivity (Wildman–Crippen MR) is 97.5 cm³/mol. The maximum atomic E-state index is 11.9. The first-order valence-corrected chi connectivity index (χ1v) is 9.40. The number of hydrazine groups is 1. The summed E-state index contributed by atoms with van der Waals surface area (Å²) in [6, 6.07) is -0.603. The van der Waals surface area contributed by atoms with Crippen molar-refractivity contribution in [1.82, 2.24) is 20.2 Å². The molecule has 0 aromatic rings. The van der Waals surface area contributed by atoms with E-state index in [2.05, 4.69) is 5.43 Å². The van der Waals surface area contributed by atoms with Crippen LogP contribution < -0.4 is 11.2 Å². The van der Waals surface area contributed by atoms with Crippen molar-refractivity contribution in [3.63, 3.8) is 0 Å². The SMILES string of the molecule is N[C@@H]1C(=O)N2C(C(=O)O)=C(CN3C=CN4NC=CC=C34)CS[C@@H]12.O=C(O)C(F)(F)F. The third-order valence-electron chi connectivity index (χ3n) is 4.39. The molecule has 1 saturated heterocycles. The number of carboxylic acids is 2. The van der Waals surface area contributed by atoms with Crippen LogP contribution in [0.2, 0.25) is 0 Å². The molecule has 0 aromatic carbocycles. The summed E-state index contributed by atoms with van der Waals surface area (Å²) in [5.74, 6) is -2.71. The molecular formula is C16H16F3N5O5S. The van der Waals surface area contributed by atoms with E-state index in [0.29, 0.717) is 17.9 Å². The highest BCUT2D eigenvalue weighted by Crippen LogP contribution is 2.40. The third-order valence-corrected chi connectivity index (χ3v) is 5.75. The number of carbonyl (C=O) groups is 3. The third kappa shape index (κ3) is 3.95. The normalized spacial score (nSPS) is 24.3. The number of allylic oxidation sites excluding steroid dienone is 2. The van der Waals surface area contributed by atoms with Gasteiger partial charge >= 0.3 is 18.1 Å². The summed E-state index contributed by atoms with van der Waals surface area (Å²) >= 11 is 1.51. The van der Waals surface area contributed by atoms with Crippen LogP contribution in [-0.4, -0.2) is 72.8 Å². The van der Waals surface area contributed by atoms with E-state index in [1.54, 1.807) is 6.20 Å². The number of β-lactam (4-membered cyclic amide) rings is 1. The number of amides is 1. The summed E-state index contributed by atoms with van der Waals surface area (Å²) in [6.45, 7) is 0.411. The number of hydrogen-bond donors (Lipinski definition) is 4. The van der Waals surface area contributed by atoms with Crippen molar-refractivity contribution in [1.29, 1.82) is 0 Å². The molecule has 4 rings (SSSR count). The number of aliphatic carboxylic acids is 2. The van der Waals surface area contributed by atoms with Gasteiger partial charge in [-0.05, 0) is 17.7 Å². The van der Waals surface area contributed by atoms with Gasteiger partial charge in [-0.15, -0.1) is 11.8 Å². The zero-order chi connectivity index (χ0) is 22.2. The molecule has 5 N–H and O–H groups in total. The highest BCUT2D eigenvalue weighted by molar-refractivity contribution is 8.00. The van der Waals surface area contributed by atoms with Crippen LogP contribution in [0.5, 0.6) is 0 Å². The van der Waals surface area contributed by atoms with Crippen molar-refractivity contribution in [3.8, 4) is 0 Å². The van der Waals surface area contributed by atoms with Crippen LogP contribution in [0, 0.1) is 0 Å². The minimum Gasteiger partial charge on any atom is -0.477 e. The van der Waals surface area contributed by atoms with Gasteiger partial charge in [-0.2, -0.15) is 13.2 Å². The minimum absolute atomic E-state index is 0.0761. The molecule has 0 spiro atoms. The fourth-order valence-corrected chi connectivity index (χ4v) is 4.30. The van der Waals surface area contributed by atoms with Crippen molar-refractivity contribution in [2.75, 3.05) is 12.3 Å². The van der Waals surface area contributed by atoms with Crippen LogP contribution in [0.15, 0.2) is 47.8 Å². The van der Waals surface area contributed by atoms with Crippen LogP contribution in [0.4, 0.5) is 13.2 Å². The summed E-state index contributed by atoms with van der Waals surface area (Å²) in [4.78, 5) is 35.8. The van der Waals surface area contributed by atoms with Crippen LogP contribution in [0.25, 0.3) is 0 Å². The van der Waals surface area contributed by atoms with Crippen LogP contribution in [-0.2, 0) is 14.4 Å². The molecule has 1 fully saturated rings. The summed E-state index contributed by atoms with van der Waals surface area (Å²) in [5.41, 5.74) is 9.60. The Bertz CT molecular complexity index is 900. The van der Waals surface area contributed by atoms with Crippen molar-refractivity contribution in [3.05, 3.63) is 47.8 Å². The summed E-state index contributed by atoms with van der Waals surface area (Å²) in [5, 5.41) is 18.3. The molecule has 0 aliphatic carbocycles. The van der Waals surface area contributed by atoms with E-state index in [0.717, 1.165) is 5.82 Å². The highest BCUT2D eigenvalue weighted by Gasteiger charge is 2.51. The topological polar surface area (TPSA) is 139 Å². The number of nitrogens with zero attached hydrogens (tertiary/aromatic N) is 3.